The Hall–Kier alpha value is -2.08. The molecule has 0 spiro atoms. The van der Waals surface area contributed by atoms with Gasteiger partial charge in [0.1, 0.15) is 5.82 Å². The van der Waals surface area contributed by atoms with Gasteiger partial charge in [-0.3, -0.25) is 4.79 Å². The Balaban J connectivity index is 1.65. The monoisotopic (exact) mass is 384 g/mol. The molecule has 0 radical (unpaired) electrons. The number of nitrogens with one attached hydrogen (secondary N) is 1. The van der Waals surface area contributed by atoms with E-state index in [2.05, 4.69) is 32.7 Å². The Bertz CT molecular complexity index is 809. The van der Waals surface area contributed by atoms with Crippen molar-refractivity contribution in [2.24, 2.45) is 0 Å². The van der Waals surface area contributed by atoms with Gasteiger partial charge in [-0.25, -0.2) is 0 Å². The zero-order valence-electron chi connectivity index (χ0n) is 16.2. The summed E-state index contributed by atoms with van der Waals surface area (Å²) < 4.78 is 2.12. The number of aromatic nitrogens is 3. The number of benzene rings is 1. The van der Waals surface area contributed by atoms with E-state index in [0.29, 0.717) is 18.2 Å². The molecule has 1 heterocycles. The summed E-state index contributed by atoms with van der Waals surface area (Å²) in [5.74, 6) is 1.81. The van der Waals surface area contributed by atoms with E-state index in [1.807, 2.05) is 32.1 Å². The number of rotatable bonds is 7. The molecule has 0 saturated heterocycles. The molecule has 0 atom stereocenters. The topological polar surface area (TPSA) is 59.8 Å². The molecular weight excluding hydrogens is 356 g/mol. The lowest BCUT2D eigenvalue weighted by molar-refractivity contribution is -0.113. The molecular formula is C21H28N4OS. The molecule has 1 aromatic heterocycles. The summed E-state index contributed by atoms with van der Waals surface area (Å²) in [7, 11) is 0. The zero-order valence-corrected chi connectivity index (χ0v) is 17.0. The van der Waals surface area contributed by atoms with Crippen molar-refractivity contribution >= 4 is 23.4 Å². The number of hydrogen-bond donors (Lipinski definition) is 1. The molecule has 3 rings (SSSR count). The van der Waals surface area contributed by atoms with Crippen LogP contribution in [0.15, 0.2) is 36.0 Å². The smallest absolute Gasteiger partial charge is 0.234 e. The number of nitrogens with zero attached hydrogens (tertiary/aromatic N) is 3. The predicted molar refractivity (Wildman–Crippen MR) is 111 cm³/mol. The Morgan fingerprint density at radius 2 is 2.07 bits per heavy atom. The van der Waals surface area contributed by atoms with Gasteiger partial charge in [-0.15, -0.1) is 16.8 Å². The van der Waals surface area contributed by atoms with Crippen LogP contribution in [-0.2, 0) is 11.3 Å². The minimum atomic E-state index is -0.0284. The van der Waals surface area contributed by atoms with Crippen LogP contribution < -0.4 is 5.32 Å². The number of thioether (sulfide) groups is 1. The second kappa shape index (κ2) is 9.22. The first-order chi connectivity index (χ1) is 13.1. The second-order valence-corrected chi connectivity index (χ2v) is 8.17. The normalized spacial score (nSPS) is 14.9. The van der Waals surface area contributed by atoms with Crippen LogP contribution >= 0.6 is 11.8 Å². The van der Waals surface area contributed by atoms with Crippen LogP contribution in [0.2, 0.25) is 0 Å². The van der Waals surface area contributed by atoms with E-state index >= 15 is 0 Å². The SMILES string of the molecule is C=CCn1c(SCC(=O)Nc2ccc(C)cc2C)nnc1C1CCCCC1. The van der Waals surface area contributed by atoms with Gasteiger partial charge in [0.2, 0.25) is 5.91 Å². The van der Waals surface area contributed by atoms with E-state index in [9.17, 15) is 4.79 Å². The molecule has 5 nitrogen and oxygen atoms in total. The summed E-state index contributed by atoms with van der Waals surface area (Å²) in [5, 5.41) is 12.6. The van der Waals surface area contributed by atoms with Gasteiger partial charge in [-0.2, -0.15) is 0 Å². The number of aryl methyl sites for hydroxylation is 2. The first-order valence-corrected chi connectivity index (χ1v) is 10.6. The van der Waals surface area contributed by atoms with Crippen molar-refractivity contribution in [3.63, 3.8) is 0 Å². The van der Waals surface area contributed by atoms with Crippen molar-refractivity contribution in [2.45, 2.75) is 63.6 Å². The fourth-order valence-corrected chi connectivity index (χ4v) is 4.40. The fraction of sp³-hybridized carbons (Fsp3) is 0.476. The van der Waals surface area contributed by atoms with E-state index in [0.717, 1.165) is 22.2 Å². The fourth-order valence-electron chi connectivity index (χ4n) is 3.64. The van der Waals surface area contributed by atoms with E-state index in [1.165, 1.54) is 49.4 Å². The molecule has 0 bridgehead atoms. The number of hydrogen-bond acceptors (Lipinski definition) is 4. The average Bonchev–Trinajstić information content (AvgIpc) is 3.06. The van der Waals surface area contributed by atoms with Gasteiger partial charge in [0.15, 0.2) is 5.16 Å². The standard InChI is InChI=1S/C21H28N4OS/c1-4-12-25-20(17-8-6-5-7-9-17)23-24-21(25)27-14-19(26)22-18-11-10-15(2)13-16(18)3/h4,10-11,13,17H,1,5-9,12,14H2,2-3H3,(H,22,26). The quantitative estimate of drug-likeness (QED) is 0.547. The summed E-state index contributed by atoms with van der Waals surface area (Å²) in [6, 6.07) is 6.03. The number of carbonyl (C=O) groups excluding carboxylic acids is 1. The van der Waals surface area contributed by atoms with Gasteiger partial charge in [-0.05, 0) is 38.3 Å². The average molecular weight is 385 g/mol. The van der Waals surface area contributed by atoms with Gasteiger partial charge >= 0.3 is 0 Å². The Morgan fingerprint density at radius 3 is 2.78 bits per heavy atom. The van der Waals surface area contributed by atoms with Gasteiger partial charge in [0.05, 0.1) is 5.75 Å². The molecule has 1 aliphatic carbocycles. The first kappa shape index (κ1) is 19.7. The van der Waals surface area contributed by atoms with Gasteiger partial charge in [-0.1, -0.05) is 54.8 Å². The summed E-state index contributed by atoms with van der Waals surface area (Å²) in [6.45, 7) is 8.60. The van der Waals surface area contributed by atoms with Crippen LogP contribution in [0.25, 0.3) is 0 Å². The molecule has 1 aliphatic rings. The van der Waals surface area contributed by atoms with Gasteiger partial charge in [0, 0.05) is 18.2 Å². The Kier molecular flexibility index (Phi) is 6.72. The molecule has 144 valence electrons. The minimum absolute atomic E-state index is 0.0284. The summed E-state index contributed by atoms with van der Waals surface area (Å²) >= 11 is 1.44. The first-order valence-electron chi connectivity index (χ1n) is 9.62. The van der Waals surface area contributed by atoms with E-state index in [4.69, 9.17) is 0 Å². The van der Waals surface area contributed by atoms with Crippen molar-refractivity contribution in [2.75, 3.05) is 11.1 Å². The van der Waals surface area contributed by atoms with E-state index in [-0.39, 0.29) is 5.91 Å². The predicted octanol–water partition coefficient (Wildman–Crippen LogP) is 4.86. The highest BCUT2D eigenvalue weighted by Crippen LogP contribution is 2.33. The third-order valence-electron chi connectivity index (χ3n) is 5.02. The number of allylic oxidation sites excluding steroid dienone is 1. The van der Waals surface area contributed by atoms with Crippen molar-refractivity contribution in [1.82, 2.24) is 14.8 Å². The van der Waals surface area contributed by atoms with E-state index < -0.39 is 0 Å². The highest BCUT2D eigenvalue weighted by Gasteiger charge is 2.23. The molecule has 1 amide bonds. The van der Waals surface area contributed by atoms with Gasteiger partial charge < -0.3 is 9.88 Å². The van der Waals surface area contributed by atoms with Crippen LogP contribution in [-0.4, -0.2) is 26.4 Å². The van der Waals surface area contributed by atoms with Crippen LogP contribution in [0.4, 0.5) is 5.69 Å². The zero-order chi connectivity index (χ0) is 19.2. The van der Waals surface area contributed by atoms with Crippen molar-refractivity contribution in [3.05, 3.63) is 47.8 Å². The van der Waals surface area contributed by atoms with Crippen molar-refractivity contribution in [1.29, 1.82) is 0 Å². The number of carbonyl (C=O) groups is 1. The number of amides is 1. The highest BCUT2D eigenvalue weighted by molar-refractivity contribution is 7.99. The summed E-state index contributed by atoms with van der Waals surface area (Å²) in [4.78, 5) is 12.4. The van der Waals surface area contributed by atoms with E-state index in [1.54, 1.807) is 0 Å². The minimum Gasteiger partial charge on any atom is -0.325 e. The molecule has 1 fully saturated rings. The third kappa shape index (κ3) is 5.01. The van der Waals surface area contributed by atoms with Crippen LogP contribution in [0.5, 0.6) is 0 Å². The highest BCUT2D eigenvalue weighted by atomic mass is 32.2. The Labute approximate surface area is 165 Å². The number of anilines is 1. The van der Waals surface area contributed by atoms with Gasteiger partial charge in [0.25, 0.3) is 0 Å². The van der Waals surface area contributed by atoms with Crippen LogP contribution in [0.1, 0.15) is 55.0 Å². The maximum atomic E-state index is 12.4. The molecule has 1 aromatic carbocycles. The molecule has 0 aliphatic heterocycles. The third-order valence-corrected chi connectivity index (χ3v) is 5.98. The second-order valence-electron chi connectivity index (χ2n) is 7.23. The molecule has 1 N–H and O–H groups in total. The maximum absolute atomic E-state index is 12.4. The lowest BCUT2D eigenvalue weighted by Crippen LogP contribution is -2.16. The Morgan fingerprint density at radius 1 is 1.30 bits per heavy atom. The molecule has 27 heavy (non-hydrogen) atoms. The van der Waals surface area contributed by atoms with Crippen molar-refractivity contribution in [3.8, 4) is 0 Å². The molecule has 1 saturated carbocycles. The largest absolute Gasteiger partial charge is 0.325 e. The lowest BCUT2D eigenvalue weighted by atomic mass is 9.89. The van der Waals surface area contributed by atoms with Crippen molar-refractivity contribution < 1.29 is 4.79 Å². The van der Waals surface area contributed by atoms with Crippen LogP contribution in [0.3, 0.4) is 0 Å². The van der Waals surface area contributed by atoms with Crippen LogP contribution in [0, 0.1) is 13.8 Å². The lowest BCUT2D eigenvalue weighted by Gasteiger charge is -2.21. The summed E-state index contributed by atoms with van der Waals surface area (Å²) in [6.07, 6.45) is 8.04. The molecule has 0 unspecified atom stereocenters. The maximum Gasteiger partial charge on any atom is 0.234 e. The summed E-state index contributed by atoms with van der Waals surface area (Å²) in [5.41, 5.74) is 3.12. The molecule has 2 aromatic rings. The molecule has 6 heteroatoms.